The van der Waals surface area contributed by atoms with Crippen LogP contribution in [-0.2, 0) is 38.1 Å². The van der Waals surface area contributed by atoms with Gasteiger partial charge in [-0.2, -0.15) is 0 Å². The molecular formula is C38H46O13. The van der Waals surface area contributed by atoms with Crippen LogP contribution >= 0.6 is 0 Å². The second-order valence-corrected chi connectivity index (χ2v) is 13.2. The molecule has 2 saturated carbocycles. The normalized spacial score (nSPS) is 19.5. The van der Waals surface area contributed by atoms with Crippen LogP contribution in [0.15, 0.2) is 42.0 Å². The Bertz CT molecular complexity index is 1570. The van der Waals surface area contributed by atoms with Gasteiger partial charge in [0.2, 0.25) is 0 Å². The molecule has 276 valence electrons. The van der Waals surface area contributed by atoms with E-state index in [4.69, 9.17) is 28.4 Å². The minimum Gasteiger partial charge on any atom is -0.493 e. The third kappa shape index (κ3) is 11.5. The number of cyclic esters (lactones) is 4. The number of benzene rings is 2. The van der Waals surface area contributed by atoms with E-state index in [1.165, 1.54) is 59.5 Å². The summed E-state index contributed by atoms with van der Waals surface area (Å²) < 4.78 is 41.9. The maximum absolute atomic E-state index is 12.0. The number of carbonyl (C=O) groups is 5. The Kier molecular flexibility index (Phi) is 13.1. The molecule has 0 amide bonds. The minimum atomic E-state index is -1.25. The minimum absolute atomic E-state index is 0.147. The van der Waals surface area contributed by atoms with Crippen LogP contribution in [0.5, 0.6) is 23.0 Å². The quantitative estimate of drug-likeness (QED) is 0.0992. The first kappa shape index (κ1) is 38.7. The predicted molar refractivity (Wildman–Crippen MR) is 182 cm³/mol. The van der Waals surface area contributed by atoms with Crippen molar-refractivity contribution in [3.8, 4) is 23.0 Å². The molecule has 0 radical (unpaired) electrons. The van der Waals surface area contributed by atoms with Gasteiger partial charge in [0.05, 0.1) is 26.4 Å². The maximum atomic E-state index is 12.0. The fourth-order valence-corrected chi connectivity index (χ4v) is 5.80. The number of rotatable bonds is 8. The predicted octanol–water partition coefficient (Wildman–Crippen LogP) is 6.28. The number of aldehydes is 1. The van der Waals surface area contributed by atoms with E-state index < -0.39 is 35.5 Å². The first-order valence-electron chi connectivity index (χ1n) is 17.0. The third-order valence-corrected chi connectivity index (χ3v) is 8.14. The van der Waals surface area contributed by atoms with Gasteiger partial charge in [-0.05, 0) is 93.3 Å². The van der Waals surface area contributed by atoms with E-state index in [2.05, 4.69) is 9.47 Å². The Morgan fingerprint density at radius 1 is 0.608 bits per heavy atom. The van der Waals surface area contributed by atoms with E-state index >= 15 is 0 Å². The van der Waals surface area contributed by atoms with Crippen molar-refractivity contribution < 1.29 is 61.9 Å². The smallest absolute Gasteiger partial charge is 0.348 e. The molecule has 6 rings (SSSR count). The zero-order valence-electron chi connectivity index (χ0n) is 29.9. The highest BCUT2D eigenvalue weighted by Gasteiger charge is 2.39. The van der Waals surface area contributed by atoms with Gasteiger partial charge >= 0.3 is 23.9 Å². The van der Waals surface area contributed by atoms with Gasteiger partial charge in [-0.3, -0.25) is 14.4 Å². The molecule has 2 aromatic rings. The Labute approximate surface area is 297 Å². The Morgan fingerprint density at radius 2 is 1.02 bits per heavy atom. The lowest BCUT2D eigenvalue weighted by molar-refractivity contribution is -0.231. The molecule has 2 aliphatic carbocycles. The van der Waals surface area contributed by atoms with E-state index in [0.717, 1.165) is 37.7 Å². The summed E-state index contributed by atoms with van der Waals surface area (Å²) in [7, 11) is 3.14. The van der Waals surface area contributed by atoms with Crippen molar-refractivity contribution in [2.75, 3.05) is 14.2 Å². The van der Waals surface area contributed by atoms with Crippen molar-refractivity contribution in [2.45, 2.75) is 109 Å². The fraction of sp³-hybridized carbons (Fsp3) is 0.500. The van der Waals surface area contributed by atoms with Gasteiger partial charge in [-0.1, -0.05) is 6.07 Å². The van der Waals surface area contributed by atoms with E-state index in [9.17, 15) is 24.0 Å². The Morgan fingerprint density at radius 3 is 1.43 bits per heavy atom. The van der Waals surface area contributed by atoms with Crippen molar-refractivity contribution in [3.05, 3.63) is 53.1 Å². The van der Waals surface area contributed by atoms with Crippen LogP contribution in [0.25, 0.3) is 6.08 Å². The second-order valence-electron chi connectivity index (χ2n) is 13.2. The van der Waals surface area contributed by atoms with Gasteiger partial charge in [0, 0.05) is 33.3 Å². The number of ether oxygens (including phenoxy) is 8. The van der Waals surface area contributed by atoms with E-state index in [-0.39, 0.29) is 18.1 Å². The van der Waals surface area contributed by atoms with Gasteiger partial charge < -0.3 is 37.9 Å². The molecule has 0 atom stereocenters. The molecule has 2 aromatic carbocycles. The van der Waals surface area contributed by atoms with Gasteiger partial charge in [-0.25, -0.2) is 9.59 Å². The van der Waals surface area contributed by atoms with Crippen molar-refractivity contribution in [2.24, 2.45) is 0 Å². The highest BCUT2D eigenvalue weighted by molar-refractivity contribution is 6.18. The lowest BCUT2D eigenvalue weighted by atomic mass is 10.1. The van der Waals surface area contributed by atoms with Crippen LogP contribution in [0.1, 0.15) is 101 Å². The fourth-order valence-electron chi connectivity index (χ4n) is 5.80. The summed E-state index contributed by atoms with van der Waals surface area (Å²) in [6.07, 6.45) is 11.6. The van der Waals surface area contributed by atoms with Gasteiger partial charge in [0.25, 0.3) is 11.6 Å². The van der Waals surface area contributed by atoms with Crippen molar-refractivity contribution >= 4 is 36.2 Å². The lowest BCUT2D eigenvalue weighted by Gasteiger charge is -2.29. The van der Waals surface area contributed by atoms with Crippen LogP contribution in [0.4, 0.5) is 0 Å². The first-order valence-corrected chi connectivity index (χ1v) is 17.0. The summed E-state index contributed by atoms with van der Waals surface area (Å²) in [6.45, 7) is 6.06. The summed E-state index contributed by atoms with van der Waals surface area (Å²) >= 11 is 0. The lowest BCUT2D eigenvalue weighted by Crippen LogP contribution is -2.41. The summed E-state index contributed by atoms with van der Waals surface area (Å²) in [6, 6.07) is 10.5. The molecule has 13 heteroatoms. The summed E-state index contributed by atoms with van der Waals surface area (Å²) in [4.78, 5) is 55.8. The highest BCUT2D eigenvalue weighted by Crippen LogP contribution is 2.34. The van der Waals surface area contributed by atoms with E-state index in [0.29, 0.717) is 34.5 Å². The largest absolute Gasteiger partial charge is 0.493 e. The molecule has 0 spiro atoms. The van der Waals surface area contributed by atoms with Crippen LogP contribution in [-0.4, -0.2) is 68.2 Å². The number of hydrogen-bond acceptors (Lipinski definition) is 13. The van der Waals surface area contributed by atoms with Crippen LogP contribution < -0.4 is 18.9 Å². The molecule has 51 heavy (non-hydrogen) atoms. The van der Waals surface area contributed by atoms with E-state index in [1.54, 1.807) is 50.6 Å². The molecule has 0 aromatic heterocycles. The van der Waals surface area contributed by atoms with Gasteiger partial charge in [-0.15, -0.1) is 0 Å². The summed E-state index contributed by atoms with van der Waals surface area (Å²) in [5, 5.41) is 0. The van der Waals surface area contributed by atoms with Crippen LogP contribution in [0.2, 0.25) is 0 Å². The molecule has 2 saturated heterocycles. The van der Waals surface area contributed by atoms with Gasteiger partial charge in [0.15, 0.2) is 23.0 Å². The van der Waals surface area contributed by atoms with Crippen LogP contribution in [0, 0.1) is 0 Å². The molecule has 0 N–H and O–H groups in total. The average molecular weight is 711 g/mol. The molecule has 4 aliphatic rings. The Hall–Kier alpha value is -5.07. The number of methoxy groups -OCH3 is 2. The maximum Gasteiger partial charge on any atom is 0.348 e. The molecule has 13 nitrogen and oxygen atoms in total. The number of carbonyl (C=O) groups excluding carboxylic acids is 5. The molecule has 0 bridgehead atoms. The molecule has 2 heterocycles. The number of hydrogen-bond donors (Lipinski definition) is 0. The third-order valence-electron chi connectivity index (χ3n) is 8.14. The molecule has 2 aliphatic heterocycles. The van der Waals surface area contributed by atoms with Crippen molar-refractivity contribution in [1.29, 1.82) is 0 Å². The molecule has 0 unspecified atom stereocenters. The topological polar surface area (TPSA) is 159 Å². The summed E-state index contributed by atoms with van der Waals surface area (Å²) in [5.41, 5.74) is 1.08. The zero-order chi connectivity index (χ0) is 37.2. The second kappa shape index (κ2) is 17.2. The monoisotopic (exact) mass is 710 g/mol. The molecule has 4 fully saturated rings. The SMILES string of the molecule is CC1(C)OC(=O)CC(=O)O1.COc1cc(C=C2C(=O)OC(C)(C)OC2=O)ccc1OC1CCCC1.COc1cc(C=O)ccc1OC1CCCC1. The van der Waals surface area contributed by atoms with Crippen LogP contribution in [0.3, 0.4) is 0 Å². The highest BCUT2D eigenvalue weighted by atomic mass is 16.7. The van der Waals surface area contributed by atoms with Crippen molar-refractivity contribution in [1.82, 2.24) is 0 Å². The number of esters is 4. The summed E-state index contributed by atoms with van der Waals surface area (Å²) in [5.74, 6) is -2.20. The Balaban J connectivity index is 0.000000191. The van der Waals surface area contributed by atoms with Crippen molar-refractivity contribution in [3.63, 3.8) is 0 Å². The molecular weight excluding hydrogens is 664 g/mol. The first-order chi connectivity index (χ1) is 24.2. The van der Waals surface area contributed by atoms with Gasteiger partial charge in [0.1, 0.15) is 18.3 Å². The average Bonchev–Trinajstić information content (AvgIpc) is 3.77. The van der Waals surface area contributed by atoms with E-state index in [1.807, 2.05) is 0 Å². The standard InChI is InChI=1S/C19H22O6.C13H16O3.C6H8O4/c1-19(2)24-17(20)14(18(21)25-19)10-12-8-9-15(16(11-12)22-3)23-13-6-4-5-7-13;1-15-13-8-10(9-14)6-7-12(13)16-11-4-2-3-5-11;1-6(2)9-4(7)3-5(8)10-6/h8-11,13H,4-7H2,1-3H3;6-9,11H,2-5H2,1H3;3H2,1-2H3. The zero-order valence-corrected chi connectivity index (χ0v) is 29.9.